The largest absolute Gasteiger partial charge is 0.407 e. The second-order valence-electron chi connectivity index (χ2n) is 6.83. The summed E-state index contributed by atoms with van der Waals surface area (Å²) in [5.41, 5.74) is 2.01. The number of aryl methyl sites for hydroxylation is 1. The Morgan fingerprint density at radius 1 is 1.32 bits per heavy atom. The fourth-order valence-electron chi connectivity index (χ4n) is 2.84. The van der Waals surface area contributed by atoms with Crippen LogP contribution in [0.1, 0.15) is 44.1 Å². The van der Waals surface area contributed by atoms with Crippen LogP contribution in [0.3, 0.4) is 0 Å². The molecular weight excluding hydrogens is 320 g/mol. The van der Waals surface area contributed by atoms with Crippen molar-refractivity contribution in [1.29, 1.82) is 0 Å². The number of anilines is 2. The number of hydrogen-bond donors (Lipinski definition) is 1. The molecule has 132 valence electrons. The number of carbonyl (C=O) groups is 2. The van der Waals surface area contributed by atoms with Gasteiger partial charge in [0.25, 0.3) is 0 Å². The third-order valence-corrected chi connectivity index (χ3v) is 4.10. The van der Waals surface area contributed by atoms with Crippen molar-refractivity contribution in [3.8, 4) is 0 Å². The van der Waals surface area contributed by atoms with E-state index in [1.807, 2.05) is 45.0 Å². The highest BCUT2D eigenvalue weighted by molar-refractivity contribution is 5.96. The lowest BCUT2D eigenvalue weighted by Crippen LogP contribution is -2.24. The standard InChI is InChI=1S/C18H22N4O3/c1-11(2)8-15(23)19-18-21-20-17(25-18)13-9-16(24)22(10-13)14-6-4-12(3)5-7-14/h4-7,11,13H,8-10H2,1-3H3,(H,19,21,23). The SMILES string of the molecule is Cc1ccc(N2CC(c3nnc(NC(=O)CC(C)C)o3)CC2=O)cc1. The number of hydrogen-bond acceptors (Lipinski definition) is 5. The summed E-state index contributed by atoms with van der Waals surface area (Å²) in [6, 6.07) is 7.90. The van der Waals surface area contributed by atoms with Crippen molar-refractivity contribution in [2.75, 3.05) is 16.8 Å². The predicted octanol–water partition coefficient (Wildman–Crippen LogP) is 2.88. The highest BCUT2D eigenvalue weighted by atomic mass is 16.4. The Balaban J connectivity index is 1.66. The summed E-state index contributed by atoms with van der Waals surface area (Å²) in [7, 11) is 0. The maximum Gasteiger partial charge on any atom is 0.322 e. The Bertz CT molecular complexity index is 767. The van der Waals surface area contributed by atoms with E-state index in [2.05, 4.69) is 15.5 Å². The van der Waals surface area contributed by atoms with E-state index in [4.69, 9.17) is 4.42 Å². The van der Waals surface area contributed by atoms with E-state index in [1.165, 1.54) is 0 Å². The zero-order valence-corrected chi connectivity index (χ0v) is 14.7. The quantitative estimate of drug-likeness (QED) is 0.902. The van der Waals surface area contributed by atoms with Gasteiger partial charge in [0.1, 0.15) is 0 Å². The van der Waals surface area contributed by atoms with Gasteiger partial charge in [0, 0.05) is 25.1 Å². The van der Waals surface area contributed by atoms with Crippen molar-refractivity contribution in [1.82, 2.24) is 10.2 Å². The average Bonchev–Trinajstić information content (AvgIpc) is 3.14. The summed E-state index contributed by atoms with van der Waals surface area (Å²) in [5, 5.41) is 10.5. The summed E-state index contributed by atoms with van der Waals surface area (Å²) >= 11 is 0. The molecule has 1 unspecified atom stereocenters. The normalized spacial score (nSPS) is 17.4. The molecule has 7 nitrogen and oxygen atoms in total. The molecule has 1 aromatic heterocycles. The molecule has 1 aromatic carbocycles. The first-order chi connectivity index (χ1) is 11.9. The molecule has 0 saturated carbocycles. The third kappa shape index (κ3) is 4.04. The third-order valence-electron chi connectivity index (χ3n) is 4.10. The van der Waals surface area contributed by atoms with Gasteiger partial charge < -0.3 is 9.32 Å². The zero-order valence-electron chi connectivity index (χ0n) is 14.7. The van der Waals surface area contributed by atoms with Crippen LogP contribution in [0, 0.1) is 12.8 Å². The van der Waals surface area contributed by atoms with Crippen molar-refractivity contribution in [3.63, 3.8) is 0 Å². The van der Waals surface area contributed by atoms with Crippen molar-refractivity contribution in [2.45, 2.75) is 39.5 Å². The molecule has 1 saturated heterocycles. The molecule has 1 aliphatic rings. The Morgan fingerprint density at radius 3 is 2.72 bits per heavy atom. The summed E-state index contributed by atoms with van der Waals surface area (Å²) in [4.78, 5) is 25.8. The van der Waals surface area contributed by atoms with Crippen LogP contribution in [0.2, 0.25) is 0 Å². The van der Waals surface area contributed by atoms with Crippen LogP contribution in [0.5, 0.6) is 0 Å². The minimum absolute atomic E-state index is 0.0254. The van der Waals surface area contributed by atoms with E-state index >= 15 is 0 Å². The molecular formula is C18H22N4O3. The van der Waals surface area contributed by atoms with E-state index in [0.717, 1.165) is 11.3 Å². The van der Waals surface area contributed by atoms with Crippen molar-refractivity contribution < 1.29 is 14.0 Å². The molecule has 1 N–H and O–H groups in total. The molecule has 0 aliphatic carbocycles. The molecule has 0 bridgehead atoms. The monoisotopic (exact) mass is 342 g/mol. The van der Waals surface area contributed by atoms with Gasteiger partial charge in [-0.2, -0.15) is 0 Å². The van der Waals surface area contributed by atoms with Crippen LogP contribution in [-0.4, -0.2) is 28.6 Å². The lowest BCUT2D eigenvalue weighted by molar-refractivity contribution is -0.118. The molecule has 1 atom stereocenters. The van der Waals surface area contributed by atoms with E-state index in [-0.39, 0.29) is 29.7 Å². The summed E-state index contributed by atoms with van der Waals surface area (Å²) < 4.78 is 5.54. The van der Waals surface area contributed by atoms with Gasteiger partial charge in [0.15, 0.2) is 0 Å². The fraction of sp³-hybridized carbons (Fsp3) is 0.444. The molecule has 2 amide bonds. The van der Waals surface area contributed by atoms with Crippen LogP contribution >= 0.6 is 0 Å². The van der Waals surface area contributed by atoms with E-state index < -0.39 is 0 Å². The summed E-state index contributed by atoms with van der Waals surface area (Å²) in [5.74, 6) is 0.323. The Labute approximate surface area is 146 Å². The fourth-order valence-corrected chi connectivity index (χ4v) is 2.84. The Morgan fingerprint density at radius 2 is 2.04 bits per heavy atom. The van der Waals surface area contributed by atoms with E-state index in [0.29, 0.717) is 25.3 Å². The van der Waals surface area contributed by atoms with Gasteiger partial charge in [-0.3, -0.25) is 14.9 Å². The number of nitrogens with zero attached hydrogens (tertiary/aromatic N) is 3. The van der Waals surface area contributed by atoms with Crippen molar-refractivity contribution in [3.05, 3.63) is 35.7 Å². The topological polar surface area (TPSA) is 88.3 Å². The van der Waals surface area contributed by atoms with Crippen molar-refractivity contribution >= 4 is 23.5 Å². The Kier molecular flexibility index (Phi) is 4.83. The minimum atomic E-state index is -0.169. The van der Waals surface area contributed by atoms with E-state index in [9.17, 15) is 9.59 Å². The van der Waals surface area contributed by atoms with Gasteiger partial charge in [-0.15, -0.1) is 5.10 Å². The second-order valence-corrected chi connectivity index (χ2v) is 6.83. The van der Waals surface area contributed by atoms with Crippen LogP contribution in [0.25, 0.3) is 0 Å². The number of rotatable bonds is 5. The first-order valence-electron chi connectivity index (χ1n) is 8.42. The minimum Gasteiger partial charge on any atom is -0.407 e. The maximum atomic E-state index is 12.3. The van der Waals surface area contributed by atoms with Crippen molar-refractivity contribution in [2.24, 2.45) is 5.92 Å². The molecule has 1 fully saturated rings. The van der Waals surface area contributed by atoms with Gasteiger partial charge in [-0.25, -0.2) is 0 Å². The number of aromatic nitrogens is 2. The number of amides is 2. The number of benzene rings is 1. The molecule has 0 spiro atoms. The highest BCUT2D eigenvalue weighted by Gasteiger charge is 2.35. The first kappa shape index (κ1) is 17.1. The molecule has 1 aliphatic heterocycles. The molecule has 2 heterocycles. The Hall–Kier alpha value is -2.70. The summed E-state index contributed by atoms with van der Waals surface area (Å²) in [6.45, 7) is 6.42. The van der Waals surface area contributed by atoms with Crippen LogP contribution in [0.4, 0.5) is 11.7 Å². The number of carbonyl (C=O) groups excluding carboxylic acids is 2. The van der Waals surface area contributed by atoms with Gasteiger partial charge in [0.2, 0.25) is 17.7 Å². The van der Waals surface area contributed by atoms with Gasteiger partial charge >= 0.3 is 6.01 Å². The van der Waals surface area contributed by atoms with Crippen LogP contribution < -0.4 is 10.2 Å². The first-order valence-corrected chi connectivity index (χ1v) is 8.42. The lowest BCUT2D eigenvalue weighted by atomic mass is 10.1. The summed E-state index contributed by atoms with van der Waals surface area (Å²) in [6.07, 6.45) is 0.705. The molecule has 2 aromatic rings. The highest BCUT2D eigenvalue weighted by Crippen LogP contribution is 2.31. The van der Waals surface area contributed by atoms with Gasteiger partial charge in [-0.05, 0) is 25.0 Å². The molecule has 0 radical (unpaired) electrons. The van der Waals surface area contributed by atoms with E-state index in [1.54, 1.807) is 4.90 Å². The zero-order chi connectivity index (χ0) is 18.0. The molecule has 7 heteroatoms. The van der Waals surface area contributed by atoms with Crippen LogP contribution in [-0.2, 0) is 9.59 Å². The maximum absolute atomic E-state index is 12.3. The smallest absolute Gasteiger partial charge is 0.322 e. The van der Waals surface area contributed by atoms with Crippen LogP contribution in [0.15, 0.2) is 28.7 Å². The molecule has 3 rings (SSSR count). The predicted molar refractivity (Wildman–Crippen MR) is 93.3 cm³/mol. The van der Waals surface area contributed by atoms with Gasteiger partial charge in [0.05, 0.1) is 5.92 Å². The van der Waals surface area contributed by atoms with Gasteiger partial charge in [-0.1, -0.05) is 36.6 Å². The second kappa shape index (κ2) is 7.04. The number of nitrogens with one attached hydrogen (secondary N) is 1. The lowest BCUT2D eigenvalue weighted by Gasteiger charge is -2.16. The molecule has 25 heavy (non-hydrogen) atoms. The average molecular weight is 342 g/mol.